The first-order valence-electron chi connectivity index (χ1n) is 11.7. The molecule has 0 saturated carbocycles. The van der Waals surface area contributed by atoms with Crippen LogP contribution in [0.5, 0.6) is 5.75 Å². The van der Waals surface area contributed by atoms with Gasteiger partial charge in [0.2, 0.25) is 0 Å². The van der Waals surface area contributed by atoms with Crippen LogP contribution in [0.25, 0.3) is 0 Å². The number of aromatic hydroxyl groups is 1. The van der Waals surface area contributed by atoms with Crippen molar-refractivity contribution in [2.45, 2.75) is 38.5 Å². The number of hydrogen-bond donors (Lipinski definition) is 1. The molecule has 32 heavy (non-hydrogen) atoms. The van der Waals surface area contributed by atoms with Gasteiger partial charge in [-0.15, -0.1) is 0 Å². The smallest absolute Gasteiger partial charge is 0.123 e. The zero-order valence-electron chi connectivity index (χ0n) is 18.9. The molecule has 1 aliphatic heterocycles. The molecular weight excluding hydrogens is 394 g/mol. The van der Waals surface area contributed by atoms with Crippen LogP contribution in [-0.2, 0) is 11.2 Å². The average molecular weight is 428 g/mol. The van der Waals surface area contributed by atoms with E-state index in [0.717, 1.165) is 50.6 Å². The first kappa shape index (κ1) is 22.1. The van der Waals surface area contributed by atoms with Gasteiger partial charge in [-0.2, -0.15) is 0 Å². The molecule has 1 N–H and O–H groups in total. The van der Waals surface area contributed by atoms with Crippen molar-refractivity contribution in [3.05, 3.63) is 95.6 Å². The van der Waals surface area contributed by atoms with Gasteiger partial charge in [0, 0.05) is 30.6 Å². The number of carbonyl (C=O) groups is 1. The number of aldehydes is 1. The highest BCUT2D eigenvalue weighted by Gasteiger charge is 2.32. The standard InChI is InChI=1S/C29H33NO2/c1-3-4-5-6-21(2)27-13-9-24-19-26(32)12-14-28(24)29(27)23-7-10-25(11-8-23)30-17-15-22(20-31)16-18-30/h3-8,10-12,14,19-20,22,27,29,32H,2,9,13,15-18H2,1H3/b4-3-,6-5-/t27-,29+/m1/s1. The molecule has 3 nitrogen and oxygen atoms in total. The van der Waals surface area contributed by atoms with Gasteiger partial charge in [0.1, 0.15) is 12.0 Å². The van der Waals surface area contributed by atoms with E-state index in [9.17, 15) is 9.90 Å². The summed E-state index contributed by atoms with van der Waals surface area (Å²) < 4.78 is 0. The van der Waals surface area contributed by atoms with Crippen molar-refractivity contribution in [2.24, 2.45) is 11.8 Å². The molecule has 1 fully saturated rings. The summed E-state index contributed by atoms with van der Waals surface area (Å²) >= 11 is 0. The predicted molar refractivity (Wildman–Crippen MR) is 132 cm³/mol. The van der Waals surface area contributed by atoms with Gasteiger partial charge in [-0.05, 0) is 79.5 Å². The Morgan fingerprint density at radius 2 is 1.81 bits per heavy atom. The Morgan fingerprint density at radius 3 is 2.50 bits per heavy atom. The first-order chi connectivity index (χ1) is 15.6. The quantitative estimate of drug-likeness (QED) is 0.441. The number of phenolic OH excluding ortho intramolecular Hbond substituents is 1. The number of piperidine rings is 1. The molecule has 2 aromatic rings. The molecule has 0 spiro atoms. The summed E-state index contributed by atoms with van der Waals surface area (Å²) in [6.45, 7) is 8.30. The van der Waals surface area contributed by atoms with Crippen LogP contribution < -0.4 is 4.90 Å². The summed E-state index contributed by atoms with van der Waals surface area (Å²) in [4.78, 5) is 13.4. The highest BCUT2D eigenvalue weighted by molar-refractivity contribution is 5.56. The fourth-order valence-electron chi connectivity index (χ4n) is 5.22. The van der Waals surface area contributed by atoms with Gasteiger partial charge in [0.15, 0.2) is 0 Å². The highest BCUT2D eigenvalue weighted by atomic mass is 16.3. The van der Waals surface area contributed by atoms with Gasteiger partial charge in [-0.1, -0.05) is 54.7 Å². The number of aryl methyl sites for hydroxylation is 1. The van der Waals surface area contributed by atoms with E-state index in [2.05, 4.69) is 54.0 Å². The molecule has 2 aromatic carbocycles. The van der Waals surface area contributed by atoms with Gasteiger partial charge in [0.05, 0.1) is 0 Å². The van der Waals surface area contributed by atoms with Crippen molar-refractivity contribution in [1.29, 1.82) is 0 Å². The number of benzene rings is 2. The normalized spacial score (nSPS) is 21.7. The highest BCUT2D eigenvalue weighted by Crippen LogP contribution is 2.45. The number of allylic oxidation sites excluding steroid dienone is 5. The van der Waals surface area contributed by atoms with E-state index in [1.165, 1.54) is 22.4 Å². The molecule has 1 aliphatic carbocycles. The lowest BCUT2D eigenvalue weighted by atomic mass is 9.69. The molecule has 1 saturated heterocycles. The summed E-state index contributed by atoms with van der Waals surface area (Å²) in [5.41, 5.74) is 6.18. The summed E-state index contributed by atoms with van der Waals surface area (Å²) in [5.74, 6) is 1.09. The third-order valence-electron chi connectivity index (χ3n) is 7.03. The number of rotatable bonds is 6. The molecule has 3 heteroatoms. The zero-order chi connectivity index (χ0) is 22.5. The number of phenols is 1. The SMILES string of the molecule is C=C(/C=C\C=C/C)[C@H]1CCc2cc(O)ccc2[C@H]1c1ccc(N2CCC(C=O)CC2)cc1. The minimum atomic E-state index is 0.211. The van der Waals surface area contributed by atoms with Crippen LogP contribution >= 0.6 is 0 Å². The monoisotopic (exact) mass is 427 g/mol. The molecule has 2 atom stereocenters. The summed E-state index contributed by atoms with van der Waals surface area (Å²) in [6, 6.07) is 14.8. The lowest BCUT2D eigenvalue weighted by molar-refractivity contribution is -0.111. The van der Waals surface area contributed by atoms with Crippen molar-refractivity contribution in [2.75, 3.05) is 18.0 Å². The maximum Gasteiger partial charge on any atom is 0.123 e. The van der Waals surface area contributed by atoms with Gasteiger partial charge < -0.3 is 14.8 Å². The molecule has 0 amide bonds. The van der Waals surface area contributed by atoms with E-state index in [1.54, 1.807) is 6.07 Å². The van der Waals surface area contributed by atoms with Crippen LogP contribution in [0.4, 0.5) is 5.69 Å². The molecular formula is C29H33NO2. The minimum absolute atomic E-state index is 0.211. The van der Waals surface area contributed by atoms with Crippen LogP contribution in [-0.4, -0.2) is 24.5 Å². The summed E-state index contributed by atoms with van der Waals surface area (Å²) in [5, 5.41) is 10.0. The first-order valence-corrected chi connectivity index (χ1v) is 11.7. The van der Waals surface area contributed by atoms with E-state index in [1.807, 2.05) is 25.1 Å². The van der Waals surface area contributed by atoms with Crippen LogP contribution in [0, 0.1) is 11.8 Å². The molecule has 0 unspecified atom stereocenters. The van der Waals surface area contributed by atoms with E-state index in [0.29, 0.717) is 11.7 Å². The number of anilines is 1. The largest absolute Gasteiger partial charge is 0.508 e. The van der Waals surface area contributed by atoms with Crippen molar-refractivity contribution in [1.82, 2.24) is 0 Å². The van der Waals surface area contributed by atoms with Gasteiger partial charge in [-0.3, -0.25) is 0 Å². The van der Waals surface area contributed by atoms with Crippen molar-refractivity contribution >= 4 is 12.0 Å². The summed E-state index contributed by atoms with van der Waals surface area (Å²) in [6.07, 6.45) is 13.2. The molecule has 0 radical (unpaired) electrons. The van der Waals surface area contributed by atoms with Crippen molar-refractivity contribution in [3.8, 4) is 5.75 Å². The second-order valence-corrected chi connectivity index (χ2v) is 9.02. The molecule has 166 valence electrons. The Kier molecular flexibility index (Phi) is 6.94. The van der Waals surface area contributed by atoms with E-state index < -0.39 is 0 Å². The van der Waals surface area contributed by atoms with Gasteiger partial charge in [-0.25, -0.2) is 0 Å². The second kappa shape index (κ2) is 10.0. The number of hydrogen-bond acceptors (Lipinski definition) is 3. The third kappa shape index (κ3) is 4.72. The zero-order valence-corrected chi connectivity index (χ0v) is 18.9. The number of carbonyl (C=O) groups excluding carboxylic acids is 1. The van der Waals surface area contributed by atoms with Crippen LogP contribution in [0.1, 0.15) is 48.8 Å². The van der Waals surface area contributed by atoms with E-state index in [-0.39, 0.29) is 11.8 Å². The van der Waals surface area contributed by atoms with Crippen LogP contribution in [0.2, 0.25) is 0 Å². The average Bonchev–Trinajstić information content (AvgIpc) is 2.83. The maximum atomic E-state index is 11.1. The van der Waals surface area contributed by atoms with E-state index >= 15 is 0 Å². The Bertz CT molecular complexity index is 1010. The fourth-order valence-corrected chi connectivity index (χ4v) is 5.22. The fraction of sp³-hybridized carbons (Fsp3) is 0.345. The molecule has 0 bridgehead atoms. The lowest BCUT2D eigenvalue weighted by Gasteiger charge is -2.35. The second-order valence-electron chi connectivity index (χ2n) is 9.02. The van der Waals surface area contributed by atoms with Crippen LogP contribution in [0.3, 0.4) is 0 Å². The Morgan fingerprint density at radius 1 is 1.06 bits per heavy atom. The number of fused-ring (bicyclic) bond motifs is 1. The van der Waals surface area contributed by atoms with E-state index in [4.69, 9.17) is 0 Å². The molecule has 2 aliphatic rings. The van der Waals surface area contributed by atoms with Crippen molar-refractivity contribution in [3.63, 3.8) is 0 Å². The topological polar surface area (TPSA) is 40.5 Å². The Hall–Kier alpha value is -3.07. The van der Waals surface area contributed by atoms with Crippen LogP contribution in [0.15, 0.2) is 78.9 Å². The van der Waals surface area contributed by atoms with Gasteiger partial charge in [0.25, 0.3) is 0 Å². The molecule has 1 heterocycles. The summed E-state index contributed by atoms with van der Waals surface area (Å²) in [7, 11) is 0. The molecule has 4 rings (SSSR count). The van der Waals surface area contributed by atoms with Gasteiger partial charge >= 0.3 is 0 Å². The number of nitrogens with zero attached hydrogens (tertiary/aromatic N) is 1. The lowest BCUT2D eigenvalue weighted by Crippen LogP contribution is -2.34. The predicted octanol–water partition coefficient (Wildman–Crippen LogP) is 6.19. The maximum absolute atomic E-state index is 11.1. The Balaban J connectivity index is 1.63. The minimum Gasteiger partial charge on any atom is -0.508 e. The Labute approximate surface area is 191 Å². The van der Waals surface area contributed by atoms with Crippen molar-refractivity contribution < 1.29 is 9.90 Å². The third-order valence-corrected chi connectivity index (χ3v) is 7.03. The molecule has 0 aromatic heterocycles.